The van der Waals surface area contributed by atoms with E-state index in [9.17, 15) is 4.79 Å². The normalized spacial score (nSPS) is 9.95. The molecule has 0 unspecified atom stereocenters. The molecule has 0 saturated carbocycles. The van der Waals surface area contributed by atoms with Crippen molar-refractivity contribution >= 4 is 11.6 Å². The maximum absolute atomic E-state index is 12.2. The molecule has 7 heteroatoms. The number of hydrogen-bond acceptors (Lipinski definition) is 5. The molecule has 108 valence electrons. The van der Waals surface area contributed by atoms with Crippen LogP contribution in [0.25, 0.3) is 0 Å². The van der Waals surface area contributed by atoms with Crippen LogP contribution in [-0.4, -0.2) is 29.1 Å². The van der Waals surface area contributed by atoms with Crippen molar-refractivity contribution < 1.29 is 9.53 Å². The van der Waals surface area contributed by atoms with Gasteiger partial charge in [-0.2, -0.15) is 5.26 Å². The first kappa shape index (κ1) is 14.6. The van der Waals surface area contributed by atoms with Crippen molar-refractivity contribution in [2.24, 2.45) is 5.73 Å². The first-order valence-electron chi connectivity index (χ1n) is 6.30. The predicted octanol–water partition coefficient (Wildman–Crippen LogP) is 0.974. The van der Waals surface area contributed by atoms with Crippen LogP contribution in [0.15, 0.2) is 30.7 Å². The summed E-state index contributed by atoms with van der Waals surface area (Å²) in [6.07, 6.45) is 3.14. The molecule has 1 aromatic carbocycles. The van der Waals surface area contributed by atoms with Gasteiger partial charge >= 0.3 is 0 Å². The van der Waals surface area contributed by atoms with Gasteiger partial charge in [-0.25, -0.2) is 4.98 Å². The van der Waals surface area contributed by atoms with Gasteiger partial charge in [0, 0.05) is 19.3 Å². The van der Waals surface area contributed by atoms with Gasteiger partial charge in [0.2, 0.25) is 0 Å². The fourth-order valence-electron chi connectivity index (χ4n) is 1.85. The lowest BCUT2D eigenvalue weighted by molar-refractivity contribution is 0.102. The van der Waals surface area contributed by atoms with E-state index in [4.69, 9.17) is 15.7 Å². The first-order chi connectivity index (χ1) is 10.2. The number of nitriles is 1. The third kappa shape index (κ3) is 3.19. The van der Waals surface area contributed by atoms with Gasteiger partial charge in [0.1, 0.15) is 23.2 Å². The molecule has 21 heavy (non-hydrogen) atoms. The summed E-state index contributed by atoms with van der Waals surface area (Å²) in [4.78, 5) is 16.2. The van der Waals surface area contributed by atoms with Crippen LogP contribution in [0.3, 0.4) is 0 Å². The molecule has 1 aromatic heterocycles. The van der Waals surface area contributed by atoms with Gasteiger partial charge in [-0.3, -0.25) is 4.79 Å². The highest BCUT2D eigenvalue weighted by atomic mass is 16.5. The molecule has 1 amide bonds. The Morgan fingerprint density at radius 3 is 3.05 bits per heavy atom. The topological polar surface area (TPSA) is 106 Å². The van der Waals surface area contributed by atoms with Gasteiger partial charge in [-0.05, 0) is 12.1 Å². The van der Waals surface area contributed by atoms with Gasteiger partial charge in [-0.15, -0.1) is 0 Å². The molecule has 0 aliphatic heterocycles. The Labute approximate surface area is 122 Å². The summed E-state index contributed by atoms with van der Waals surface area (Å²) >= 11 is 0. The molecular weight excluding hydrogens is 270 g/mol. The van der Waals surface area contributed by atoms with Crippen LogP contribution in [0.1, 0.15) is 16.1 Å². The summed E-state index contributed by atoms with van der Waals surface area (Å²) in [7, 11) is 1.47. The van der Waals surface area contributed by atoms with Crippen LogP contribution in [0.2, 0.25) is 0 Å². The quantitative estimate of drug-likeness (QED) is 0.851. The van der Waals surface area contributed by atoms with Gasteiger partial charge in [0.05, 0.1) is 19.0 Å². The number of carbonyl (C=O) groups excluding carboxylic acids is 1. The molecule has 2 aromatic rings. The number of carbonyl (C=O) groups is 1. The van der Waals surface area contributed by atoms with Crippen molar-refractivity contribution in [2.75, 3.05) is 19.0 Å². The zero-order chi connectivity index (χ0) is 15.2. The van der Waals surface area contributed by atoms with E-state index < -0.39 is 5.91 Å². The minimum absolute atomic E-state index is 0.248. The number of para-hydroxylation sites is 1. The third-order valence-corrected chi connectivity index (χ3v) is 2.86. The van der Waals surface area contributed by atoms with Crippen LogP contribution in [0.4, 0.5) is 5.69 Å². The molecule has 0 atom stereocenters. The first-order valence-corrected chi connectivity index (χ1v) is 6.30. The van der Waals surface area contributed by atoms with Gasteiger partial charge in [0.25, 0.3) is 5.91 Å². The van der Waals surface area contributed by atoms with E-state index in [0.29, 0.717) is 30.1 Å². The second-order valence-corrected chi connectivity index (χ2v) is 4.23. The second kappa shape index (κ2) is 6.54. The van der Waals surface area contributed by atoms with E-state index in [1.165, 1.54) is 13.4 Å². The smallest absolute Gasteiger partial charge is 0.275 e. The maximum Gasteiger partial charge on any atom is 0.275 e. The maximum atomic E-state index is 12.2. The number of ether oxygens (including phenoxy) is 1. The lowest BCUT2D eigenvalue weighted by Gasteiger charge is -2.10. The molecule has 2 rings (SSSR count). The summed E-state index contributed by atoms with van der Waals surface area (Å²) in [5, 5.41) is 11.8. The SMILES string of the molecule is COc1cccc(C#N)c1NC(=O)c1cn(CCN)cn1. The number of amides is 1. The number of methoxy groups -OCH3 is 1. The van der Waals surface area contributed by atoms with Crippen LogP contribution < -0.4 is 15.8 Å². The number of anilines is 1. The Morgan fingerprint density at radius 2 is 2.38 bits per heavy atom. The predicted molar refractivity (Wildman–Crippen MR) is 76.9 cm³/mol. The summed E-state index contributed by atoms with van der Waals surface area (Å²) in [5.74, 6) is 0.00978. The van der Waals surface area contributed by atoms with Crippen LogP contribution in [0, 0.1) is 11.3 Å². The molecule has 0 aliphatic rings. The van der Waals surface area contributed by atoms with Crippen LogP contribution in [0.5, 0.6) is 5.75 Å². The van der Waals surface area contributed by atoms with Gasteiger partial charge in [0.15, 0.2) is 0 Å². The number of hydrogen-bond donors (Lipinski definition) is 2. The summed E-state index contributed by atoms with van der Waals surface area (Å²) < 4.78 is 6.88. The molecule has 0 radical (unpaired) electrons. The molecule has 1 heterocycles. The standard InChI is InChI=1S/C14H15N5O2/c1-21-12-4-2-3-10(7-16)13(12)18-14(20)11-8-19(6-5-15)9-17-11/h2-4,8-9H,5-6,15H2,1H3,(H,18,20). The van der Waals surface area contributed by atoms with Crippen molar-refractivity contribution in [2.45, 2.75) is 6.54 Å². The molecule has 0 aliphatic carbocycles. The minimum atomic E-state index is -0.410. The lowest BCUT2D eigenvalue weighted by Crippen LogP contribution is -2.14. The Balaban J connectivity index is 2.25. The fourth-order valence-corrected chi connectivity index (χ4v) is 1.85. The van der Waals surface area contributed by atoms with Gasteiger partial charge < -0.3 is 20.4 Å². The zero-order valence-electron chi connectivity index (χ0n) is 11.5. The summed E-state index contributed by atoms with van der Waals surface area (Å²) in [6, 6.07) is 6.97. The molecule has 0 bridgehead atoms. The Hall–Kier alpha value is -2.85. The molecule has 0 spiro atoms. The van der Waals surface area contributed by atoms with Crippen molar-refractivity contribution in [3.63, 3.8) is 0 Å². The Bertz CT molecular complexity index is 687. The van der Waals surface area contributed by atoms with E-state index in [1.807, 2.05) is 6.07 Å². The average Bonchev–Trinajstić information content (AvgIpc) is 2.96. The monoisotopic (exact) mass is 285 g/mol. The minimum Gasteiger partial charge on any atom is -0.495 e. The third-order valence-electron chi connectivity index (χ3n) is 2.86. The average molecular weight is 285 g/mol. The van der Waals surface area contributed by atoms with Crippen molar-refractivity contribution in [3.05, 3.63) is 42.0 Å². The van der Waals surface area contributed by atoms with E-state index in [0.717, 1.165) is 0 Å². The van der Waals surface area contributed by atoms with E-state index >= 15 is 0 Å². The highest BCUT2D eigenvalue weighted by Crippen LogP contribution is 2.28. The number of imidazole rings is 1. The van der Waals surface area contributed by atoms with Crippen molar-refractivity contribution in [1.29, 1.82) is 5.26 Å². The molecule has 0 saturated heterocycles. The van der Waals surface area contributed by atoms with Crippen LogP contribution in [-0.2, 0) is 6.54 Å². The van der Waals surface area contributed by atoms with E-state index in [1.54, 1.807) is 29.0 Å². The van der Waals surface area contributed by atoms with Crippen LogP contribution >= 0.6 is 0 Å². The Morgan fingerprint density at radius 1 is 1.57 bits per heavy atom. The lowest BCUT2D eigenvalue weighted by atomic mass is 10.1. The highest BCUT2D eigenvalue weighted by Gasteiger charge is 2.15. The number of benzene rings is 1. The second-order valence-electron chi connectivity index (χ2n) is 4.23. The number of nitrogens with two attached hydrogens (primary N) is 1. The van der Waals surface area contributed by atoms with Crippen molar-refractivity contribution in [1.82, 2.24) is 9.55 Å². The van der Waals surface area contributed by atoms with E-state index in [2.05, 4.69) is 10.3 Å². The molecule has 7 nitrogen and oxygen atoms in total. The number of aromatic nitrogens is 2. The van der Waals surface area contributed by atoms with E-state index in [-0.39, 0.29) is 5.69 Å². The number of nitrogens with one attached hydrogen (secondary N) is 1. The van der Waals surface area contributed by atoms with Crippen molar-refractivity contribution in [3.8, 4) is 11.8 Å². The number of rotatable bonds is 5. The largest absolute Gasteiger partial charge is 0.495 e. The molecule has 3 N–H and O–H groups in total. The summed E-state index contributed by atoms with van der Waals surface area (Å²) in [5.41, 5.74) is 6.35. The Kier molecular flexibility index (Phi) is 4.53. The molecular formula is C14H15N5O2. The fraction of sp³-hybridized carbons (Fsp3) is 0.214. The zero-order valence-corrected chi connectivity index (χ0v) is 11.5. The summed E-state index contributed by atoms with van der Waals surface area (Å²) in [6.45, 7) is 1.04. The highest BCUT2D eigenvalue weighted by molar-refractivity contribution is 6.04. The number of nitrogens with zero attached hydrogens (tertiary/aromatic N) is 3. The van der Waals surface area contributed by atoms with Gasteiger partial charge in [-0.1, -0.05) is 6.07 Å². The molecule has 0 fully saturated rings.